The third kappa shape index (κ3) is 1.12. The number of aromatic nitrogens is 2. The molecule has 0 bridgehead atoms. The van der Waals surface area contributed by atoms with Gasteiger partial charge in [0.05, 0.1) is 5.52 Å². The maximum Gasteiger partial charge on any atom is 0.132 e. The van der Waals surface area contributed by atoms with Crippen LogP contribution in [-0.2, 0) is 0 Å². The first-order chi connectivity index (χ1) is 5.29. The summed E-state index contributed by atoms with van der Waals surface area (Å²) in [6.45, 7) is 0. The minimum atomic E-state index is 0.938. The van der Waals surface area contributed by atoms with Gasteiger partial charge in [-0.2, -0.15) is 4.20 Å². The average molecular weight is 278 g/mol. The fourth-order valence-corrected chi connectivity index (χ4v) is 2.02. The van der Waals surface area contributed by atoms with Gasteiger partial charge in [0.1, 0.15) is 3.70 Å². The van der Waals surface area contributed by atoms with Crippen LogP contribution in [0.1, 0.15) is 0 Å². The SMILES string of the molecule is Cln1nc(I)c2ccccc21. The molecule has 0 spiro atoms. The third-order valence-corrected chi connectivity index (χ3v) is 2.56. The van der Waals surface area contributed by atoms with Gasteiger partial charge in [-0.05, 0) is 28.7 Å². The van der Waals surface area contributed by atoms with E-state index in [1.807, 2.05) is 24.3 Å². The summed E-state index contributed by atoms with van der Waals surface area (Å²) < 4.78 is 2.31. The van der Waals surface area contributed by atoms with Gasteiger partial charge in [0.2, 0.25) is 0 Å². The van der Waals surface area contributed by atoms with Crippen LogP contribution in [0, 0.1) is 3.70 Å². The maximum absolute atomic E-state index is 5.78. The van der Waals surface area contributed by atoms with E-state index in [4.69, 9.17) is 11.8 Å². The van der Waals surface area contributed by atoms with Crippen LogP contribution in [0.25, 0.3) is 10.9 Å². The lowest BCUT2D eigenvalue weighted by molar-refractivity contribution is 1.00. The molecule has 0 N–H and O–H groups in total. The summed E-state index contributed by atoms with van der Waals surface area (Å²) in [5.41, 5.74) is 0.957. The molecule has 1 heterocycles. The van der Waals surface area contributed by atoms with Crippen molar-refractivity contribution in [2.45, 2.75) is 0 Å². The Morgan fingerprint density at radius 1 is 1.36 bits per heavy atom. The molecule has 1 aromatic heterocycles. The summed E-state index contributed by atoms with van der Waals surface area (Å²) in [5, 5.41) is 5.16. The molecule has 4 heteroatoms. The molecule has 56 valence electrons. The van der Waals surface area contributed by atoms with E-state index in [1.54, 1.807) is 0 Å². The molecule has 11 heavy (non-hydrogen) atoms. The lowest BCUT2D eigenvalue weighted by Crippen LogP contribution is -1.80. The van der Waals surface area contributed by atoms with E-state index >= 15 is 0 Å². The molecule has 0 amide bonds. The Labute approximate surface area is 82.4 Å². The molecule has 2 aromatic rings. The van der Waals surface area contributed by atoms with Gasteiger partial charge in [-0.25, -0.2) is 0 Å². The summed E-state index contributed by atoms with van der Waals surface area (Å²) in [5.74, 6) is 0. The van der Waals surface area contributed by atoms with Crippen LogP contribution >= 0.6 is 34.4 Å². The largest absolute Gasteiger partial charge is 0.171 e. The summed E-state index contributed by atoms with van der Waals surface area (Å²) in [7, 11) is 0. The second-order valence-corrected chi connectivity index (χ2v) is 3.51. The highest BCUT2D eigenvalue weighted by Gasteiger charge is 2.03. The fraction of sp³-hybridized carbons (Fsp3) is 0. The van der Waals surface area contributed by atoms with Crippen LogP contribution in [0.4, 0.5) is 0 Å². The predicted molar refractivity (Wildman–Crippen MR) is 53.7 cm³/mol. The van der Waals surface area contributed by atoms with Gasteiger partial charge < -0.3 is 0 Å². The van der Waals surface area contributed by atoms with Crippen LogP contribution in [-0.4, -0.2) is 9.30 Å². The Morgan fingerprint density at radius 3 is 2.82 bits per heavy atom. The number of benzene rings is 1. The Hall–Kier alpha value is -0.290. The zero-order chi connectivity index (χ0) is 7.84. The number of halogens is 2. The van der Waals surface area contributed by atoms with E-state index in [1.165, 1.54) is 4.20 Å². The van der Waals surface area contributed by atoms with Gasteiger partial charge >= 0.3 is 0 Å². The highest BCUT2D eigenvalue weighted by Crippen LogP contribution is 2.19. The second kappa shape index (κ2) is 2.64. The number of hydrogen-bond donors (Lipinski definition) is 0. The standard InChI is InChI=1S/C7H4ClIN2/c8-11-6-4-2-1-3-5(6)7(9)10-11/h1-4H. The zero-order valence-corrected chi connectivity index (χ0v) is 8.37. The number of nitrogens with zero attached hydrogens (tertiary/aromatic N) is 2. The quantitative estimate of drug-likeness (QED) is 0.678. The molecule has 0 radical (unpaired) electrons. The first-order valence-corrected chi connectivity index (χ1v) is 4.50. The highest BCUT2D eigenvalue weighted by atomic mass is 127. The molecule has 2 nitrogen and oxygen atoms in total. The van der Waals surface area contributed by atoms with Crippen LogP contribution in [0.5, 0.6) is 0 Å². The monoisotopic (exact) mass is 278 g/mol. The van der Waals surface area contributed by atoms with Crippen molar-refractivity contribution in [3.05, 3.63) is 28.0 Å². The van der Waals surface area contributed by atoms with Gasteiger partial charge in [0.15, 0.2) is 0 Å². The molecule has 0 aliphatic rings. The van der Waals surface area contributed by atoms with Crippen LogP contribution in [0.3, 0.4) is 0 Å². The smallest absolute Gasteiger partial charge is 0.132 e. The molecule has 0 fully saturated rings. The van der Waals surface area contributed by atoms with E-state index in [2.05, 4.69) is 27.7 Å². The van der Waals surface area contributed by atoms with Crippen molar-refractivity contribution in [2.75, 3.05) is 0 Å². The van der Waals surface area contributed by atoms with Gasteiger partial charge in [-0.1, -0.05) is 18.2 Å². The highest BCUT2D eigenvalue weighted by molar-refractivity contribution is 14.1. The summed E-state index contributed by atoms with van der Waals surface area (Å²) in [6, 6.07) is 7.86. The number of para-hydroxylation sites is 1. The molecule has 0 aliphatic carbocycles. The van der Waals surface area contributed by atoms with Crippen molar-refractivity contribution in [2.24, 2.45) is 0 Å². The number of fused-ring (bicyclic) bond motifs is 1. The first-order valence-electron chi connectivity index (χ1n) is 3.08. The van der Waals surface area contributed by atoms with E-state index in [0.29, 0.717) is 0 Å². The van der Waals surface area contributed by atoms with Crippen molar-refractivity contribution >= 4 is 45.3 Å². The maximum atomic E-state index is 5.78. The summed E-state index contributed by atoms with van der Waals surface area (Å²) in [4.78, 5) is 0. The lowest BCUT2D eigenvalue weighted by Gasteiger charge is -1.87. The van der Waals surface area contributed by atoms with Crippen molar-refractivity contribution in [3.8, 4) is 0 Å². The molecule has 2 rings (SSSR count). The van der Waals surface area contributed by atoms with Crippen molar-refractivity contribution in [1.29, 1.82) is 0 Å². The molecule has 0 atom stereocenters. The van der Waals surface area contributed by atoms with Gasteiger partial charge in [-0.15, -0.1) is 5.10 Å². The zero-order valence-electron chi connectivity index (χ0n) is 5.46. The Morgan fingerprint density at radius 2 is 2.09 bits per heavy atom. The summed E-state index contributed by atoms with van der Waals surface area (Å²) >= 11 is 7.94. The lowest BCUT2D eigenvalue weighted by atomic mass is 10.3. The minimum Gasteiger partial charge on any atom is -0.171 e. The molecule has 1 aromatic carbocycles. The molecular formula is C7H4ClIN2. The normalized spacial score (nSPS) is 10.7. The molecule has 0 saturated heterocycles. The van der Waals surface area contributed by atoms with E-state index in [0.717, 1.165) is 14.6 Å². The fourth-order valence-electron chi connectivity index (χ4n) is 0.994. The molecule has 0 unspecified atom stereocenters. The first kappa shape index (κ1) is 7.36. The number of rotatable bonds is 0. The van der Waals surface area contributed by atoms with E-state index < -0.39 is 0 Å². The van der Waals surface area contributed by atoms with Crippen LogP contribution in [0.2, 0.25) is 0 Å². The van der Waals surface area contributed by atoms with E-state index in [9.17, 15) is 0 Å². The second-order valence-electron chi connectivity index (χ2n) is 2.17. The van der Waals surface area contributed by atoms with Crippen molar-refractivity contribution < 1.29 is 0 Å². The van der Waals surface area contributed by atoms with Crippen molar-refractivity contribution in [1.82, 2.24) is 9.30 Å². The van der Waals surface area contributed by atoms with Crippen molar-refractivity contribution in [3.63, 3.8) is 0 Å². The summed E-state index contributed by atoms with van der Waals surface area (Å²) in [6.07, 6.45) is 0. The molecule has 0 aliphatic heterocycles. The third-order valence-electron chi connectivity index (χ3n) is 1.50. The Balaban J connectivity index is 2.95. The molecule has 0 saturated carbocycles. The number of hydrogen-bond acceptors (Lipinski definition) is 1. The predicted octanol–water partition coefficient (Wildman–Crippen LogP) is 2.64. The average Bonchev–Trinajstić information content (AvgIpc) is 2.30. The minimum absolute atomic E-state index is 0.938. The van der Waals surface area contributed by atoms with Crippen LogP contribution in [0.15, 0.2) is 24.3 Å². The van der Waals surface area contributed by atoms with Gasteiger partial charge in [0, 0.05) is 17.2 Å². The van der Waals surface area contributed by atoms with E-state index in [-0.39, 0.29) is 0 Å². The van der Waals surface area contributed by atoms with Crippen LogP contribution < -0.4 is 0 Å². The van der Waals surface area contributed by atoms with Gasteiger partial charge in [0.25, 0.3) is 0 Å². The molecular weight excluding hydrogens is 274 g/mol. The topological polar surface area (TPSA) is 17.8 Å². The Kier molecular flexibility index (Phi) is 1.77. The Bertz CT molecular complexity index is 360. The van der Waals surface area contributed by atoms with Gasteiger partial charge in [-0.3, -0.25) is 0 Å².